The Morgan fingerprint density at radius 2 is 1.76 bits per heavy atom. The highest BCUT2D eigenvalue weighted by molar-refractivity contribution is 5.90. The Hall–Kier alpha value is -3.29. The second-order valence-electron chi connectivity index (χ2n) is 7.97. The van der Waals surface area contributed by atoms with Gasteiger partial charge in [0, 0.05) is 47.7 Å². The Morgan fingerprint density at radius 1 is 1.06 bits per heavy atom. The first kappa shape index (κ1) is 24.4. The fourth-order valence-electron chi connectivity index (χ4n) is 4.15. The van der Waals surface area contributed by atoms with Crippen molar-refractivity contribution >= 4 is 46.1 Å². The predicted octanol–water partition coefficient (Wildman–Crippen LogP) is 3.24. The summed E-state index contributed by atoms with van der Waals surface area (Å²) in [7, 11) is 1.96. The molecule has 8 heteroatoms. The van der Waals surface area contributed by atoms with Gasteiger partial charge < -0.3 is 25.3 Å². The molecule has 0 saturated heterocycles. The van der Waals surface area contributed by atoms with Gasteiger partial charge in [0.1, 0.15) is 6.04 Å². The molecule has 2 heterocycles. The van der Waals surface area contributed by atoms with Crippen LogP contribution in [0.2, 0.25) is 0 Å². The van der Waals surface area contributed by atoms with Crippen molar-refractivity contribution in [1.29, 1.82) is 0 Å². The van der Waals surface area contributed by atoms with Crippen LogP contribution in [0.5, 0.6) is 0 Å². The number of hydrogen-bond acceptors (Lipinski definition) is 4. The van der Waals surface area contributed by atoms with Gasteiger partial charge in [-0.2, -0.15) is 0 Å². The molecule has 0 bridgehead atoms. The van der Waals surface area contributed by atoms with Crippen molar-refractivity contribution in [3.63, 3.8) is 0 Å². The van der Waals surface area contributed by atoms with E-state index in [-0.39, 0.29) is 24.9 Å². The lowest BCUT2D eigenvalue weighted by molar-refractivity contribution is -0.147. The number of carbonyl (C=O) groups is 2. The largest absolute Gasteiger partial charge is 0.464 e. The summed E-state index contributed by atoms with van der Waals surface area (Å²) in [5.74, 6) is -0.846. The van der Waals surface area contributed by atoms with E-state index in [1.54, 1.807) is 6.92 Å². The molecule has 4 rings (SSSR count). The van der Waals surface area contributed by atoms with Crippen molar-refractivity contribution in [2.24, 2.45) is 12.8 Å². The van der Waals surface area contributed by atoms with E-state index in [9.17, 15) is 9.59 Å². The SMILES string of the molecule is CCOC(=O)[C@@H](Cc1cn(C)c2ccccc12)NC(=O)[C@H](N)Cc1c[nH]c2ccccc12.Cl. The molecule has 0 unspecified atom stereocenters. The lowest BCUT2D eigenvalue weighted by atomic mass is 10.0. The van der Waals surface area contributed by atoms with Crippen LogP contribution in [0.25, 0.3) is 21.8 Å². The standard InChI is InChI=1S/C25H28N4O3.ClH/c1-3-32-25(31)22(13-17-15-29(2)23-11-7-5-9-19(17)23)28-24(30)20(26)12-16-14-27-21-10-6-4-8-18(16)21;/h4-11,14-15,20,22,27H,3,12-13,26H2,1-2H3,(H,28,30);1H/t20-,22-;/m1./s1. The summed E-state index contributed by atoms with van der Waals surface area (Å²) in [4.78, 5) is 28.8. The first-order valence-electron chi connectivity index (χ1n) is 10.8. The summed E-state index contributed by atoms with van der Waals surface area (Å²) >= 11 is 0. The normalized spacial score (nSPS) is 12.8. The highest BCUT2D eigenvalue weighted by atomic mass is 35.5. The summed E-state index contributed by atoms with van der Waals surface area (Å²) in [6.45, 7) is 1.99. The third-order valence-electron chi connectivity index (χ3n) is 5.74. The van der Waals surface area contributed by atoms with Crippen LogP contribution in [0, 0.1) is 0 Å². The molecule has 4 N–H and O–H groups in total. The Balaban J connectivity index is 0.00000306. The number of hydrogen-bond donors (Lipinski definition) is 3. The third kappa shape index (κ3) is 5.21. The lowest BCUT2D eigenvalue weighted by Gasteiger charge is -2.19. The molecule has 33 heavy (non-hydrogen) atoms. The van der Waals surface area contributed by atoms with Crippen molar-refractivity contribution in [2.75, 3.05) is 6.61 Å². The first-order valence-corrected chi connectivity index (χ1v) is 10.8. The number of rotatable bonds is 8. The fraction of sp³-hybridized carbons (Fsp3) is 0.280. The quantitative estimate of drug-likeness (QED) is 0.345. The number of esters is 1. The van der Waals surface area contributed by atoms with Crippen LogP contribution in [0.3, 0.4) is 0 Å². The number of halogens is 1. The molecule has 2 atom stereocenters. The summed E-state index contributed by atoms with van der Waals surface area (Å²) in [5, 5.41) is 4.91. The molecule has 0 radical (unpaired) electrons. The number of fused-ring (bicyclic) bond motifs is 2. The summed E-state index contributed by atoms with van der Waals surface area (Å²) in [5.41, 5.74) is 10.2. The van der Waals surface area contributed by atoms with E-state index in [0.717, 1.165) is 32.9 Å². The number of carbonyl (C=O) groups excluding carboxylic acids is 2. The van der Waals surface area contributed by atoms with Gasteiger partial charge in [0.25, 0.3) is 0 Å². The molecule has 0 saturated carbocycles. The van der Waals surface area contributed by atoms with Gasteiger partial charge in [-0.25, -0.2) is 4.79 Å². The monoisotopic (exact) mass is 468 g/mol. The number of aryl methyl sites for hydroxylation is 1. The molecule has 4 aromatic rings. The molecule has 0 aliphatic rings. The zero-order valence-electron chi connectivity index (χ0n) is 18.7. The molecule has 0 fully saturated rings. The van der Waals surface area contributed by atoms with E-state index in [1.165, 1.54) is 0 Å². The molecule has 2 aromatic carbocycles. The maximum absolute atomic E-state index is 12.9. The number of nitrogens with two attached hydrogens (primary N) is 1. The molecular weight excluding hydrogens is 440 g/mol. The fourth-order valence-corrected chi connectivity index (χ4v) is 4.15. The molecule has 1 amide bonds. The van der Waals surface area contributed by atoms with Crippen LogP contribution in [-0.2, 0) is 34.2 Å². The number of nitrogens with zero attached hydrogens (tertiary/aromatic N) is 1. The van der Waals surface area contributed by atoms with Gasteiger partial charge in [-0.15, -0.1) is 12.4 Å². The number of aromatic nitrogens is 2. The highest BCUT2D eigenvalue weighted by Crippen LogP contribution is 2.22. The number of ether oxygens (including phenoxy) is 1. The maximum atomic E-state index is 12.9. The second kappa shape index (κ2) is 10.6. The second-order valence-corrected chi connectivity index (χ2v) is 7.97. The number of nitrogens with one attached hydrogen (secondary N) is 2. The van der Waals surface area contributed by atoms with Crippen LogP contribution >= 0.6 is 12.4 Å². The van der Waals surface area contributed by atoms with Gasteiger partial charge in [0.2, 0.25) is 5.91 Å². The van der Waals surface area contributed by atoms with Gasteiger partial charge in [0.05, 0.1) is 12.6 Å². The molecular formula is C25H29ClN4O3. The van der Waals surface area contributed by atoms with Crippen LogP contribution in [0.15, 0.2) is 60.9 Å². The van der Waals surface area contributed by atoms with Gasteiger partial charge in [-0.05, 0) is 36.6 Å². The lowest BCUT2D eigenvalue weighted by Crippen LogP contribution is -2.50. The predicted molar refractivity (Wildman–Crippen MR) is 132 cm³/mol. The number of amides is 1. The number of benzene rings is 2. The van der Waals surface area contributed by atoms with Crippen LogP contribution in [0.1, 0.15) is 18.1 Å². The zero-order valence-corrected chi connectivity index (χ0v) is 19.5. The molecule has 0 spiro atoms. The number of H-pyrrole nitrogens is 1. The first-order chi connectivity index (χ1) is 15.5. The molecule has 174 valence electrons. The van der Waals surface area contributed by atoms with Gasteiger partial charge in [-0.3, -0.25) is 4.79 Å². The third-order valence-corrected chi connectivity index (χ3v) is 5.74. The molecule has 2 aromatic heterocycles. The summed E-state index contributed by atoms with van der Waals surface area (Å²) < 4.78 is 7.24. The van der Waals surface area contributed by atoms with Gasteiger partial charge >= 0.3 is 5.97 Å². The topological polar surface area (TPSA) is 102 Å². The highest BCUT2D eigenvalue weighted by Gasteiger charge is 2.27. The minimum absolute atomic E-state index is 0. The van der Waals surface area contributed by atoms with Crippen molar-refractivity contribution in [1.82, 2.24) is 14.9 Å². The van der Waals surface area contributed by atoms with Crippen molar-refractivity contribution in [3.8, 4) is 0 Å². The molecule has 0 aliphatic heterocycles. The summed E-state index contributed by atoms with van der Waals surface area (Å²) in [6, 6.07) is 14.2. The average molecular weight is 469 g/mol. The Kier molecular flexibility index (Phi) is 7.79. The minimum Gasteiger partial charge on any atom is -0.464 e. The zero-order chi connectivity index (χ0) is 22.7. The van der Waals surface area contributed by atoms with Crippen molar-refractivity contribution < 1.29 is 14.3 Å². The molecule has 0 aliphatic carbocycles. The van der Waals surface area contributed by atoms with Crippen LogP contribution in [-0.4, -0.2) is 40.1 Å². The van der Waals surface area contributed by atoms with E-state index in [0.29, 0.717) is 12.8 Å². The van der Waals surface area contributed by atoms with Crippen LogP contribution in [0.4, 0.5) is 0 Å². The van der Waals surface area contributed by atoms with Crippen LogP contribution < -0.4 is 11.1 Å². The number of para-hydroxylation sites is 2. The maximum Gasteiger partial charge on any atom is 0.328 e. The van der Waals surface area contributed by atoms with Gasteiger partial charge in [0.15, 0.2) is 0 Å². The Morgan fingerprint density at radius 3 is 2.52 bits per heavy atom. The molecule has 7 nitrogen and oxygen atoms in total. The van der Waals surface area contributed by atoms with E-state index in [4.69, 9.17) is 10.5 Å². The van der Waals surface area contributed by atoms with E-state index >= 15 is 0 Å². The van der Waals surface area contributed by atoms with E-state index in [2.05, 4.69) is 10.3 Å². The Bertz CT molecular complexity index is 1260. The van der Waals surface area contributed by atoms with Gasteiger partial charge in [-0.1, -0.05) is 36.4 Å². The minimum atomic E-state index is -0.817. The van der Waals surface area contributed by atoms with E-state index in [1.807, 2.05) is 72.5 Å². The van der Waals surface area contributed by atoms with Crippen molar-refractivity contribution in [3.05, 3.63) is 72.1 Å². The average Bonchev–Trinajstić information content (AvgIpc) is 3.34. The number of aromatic amines is 1. The summed E-state index contributed by atoms with van der Waals surface area (Å²) in [6.07, 6.45) is 4.54. The van der Waals surface area contributed by atoms with E-state index < -0.39 is 18.1 Å². The smallest absolute Gasteiger partial charge is 0.328 e. The Labute approximate surface area is 198 Å². The van der Waals surface area contributed by atoms with Crippen molar-refractivity contribution in [2.45, 2.75) is 31.8 Å².